The number of aryl methyl sites for hydroxylation is 2. The second kappa shape index (κ2) is 9.36. The molecule has 0 atom stereocenters. The molecule has 0 saturated carbocycles. The summed E-state index contributed by atoms with van der Waals surface area (Å²) in [7, 11) is 0. The van der Waals surface area contributed by atoms with E-state index in [0.29, 0.717) is 22.7 Å². The Labute approximate surface area is 209 Å². The number of carbonyl (C=O) groups excluding carboxylic acids is 3. The highest BCUT2D eigenvalue weighted by Gasteiger charge is 2.39. The van der Waals surface area contributed by atoms with Crippen LogP contribution >= 0.6 is 34.2 Å². The fourth-order valence-corrected chi connectivity index (χ4v) is 4.00. The van der Waals surface area contributed by atoms with Gasteiger partial charge in [0.2, 0.25) is 0 Å². The van der Waals surface area contributed by atoms with Crippen molar-refractivity contribution in [3.05, 3.63) is 97.7 Å². The minimum absolute atomic E-state index is 0.0185. The predicted octanol–water partition coefficient (Wildman–Crippen LogP) is 5.56. The van der Waals surface area contributed by atoms with Crippen molar-refractivity contribution < 1.29 is 19.1 Å². The smallest absolute Gasteiger partial charge is 0.343 e. The van der Waals surface area contributed by atoms with Gasteiger partial charge >= 0.3 is 5.97 Å². The molecule has 1 N–H and O–H groups in total. The summed E-state index contributed by atoms with van der Waals surface area (Å²) in [6, 6.07) is 18.9. The van der Waals surface area contributed by atoms with Gasteiger partial charge in [0.15, 0.2) is 0 Å². The second-order valence-electron chi connectivity index (χ2n) is 7.53. The van der Waals surface area contributed by atoms with Crippen LogP contribution in [0.4, 0.5) is 11.4 Å². The maximum Gasteiger partial charge on any atom is 0.343 e. The Morgan fingerprint density at radius 2 is 1.52 bits per heavy atom. The monoisotopic (exact) mass is 572 g/mol. The fraction of sp³-hybridized carbons (Fsp3) is 0.0800. The van der Waals surface area contributed by atoms with Crippen LogP contribution in [0.2, 0.25) is 0 Å². The van der Waals surface area contributed by atoms with E-state index in [1.165, 1.54) is 0 Å². The standard InChI is InChI=1S/C25H18ClIN2O4/c1-14-11-15(2)13-19(12-14)29-23(30)21(26)22(24(29)31)28-18-7-3-16(4-8-18)25(32)33-20-9-5-17(27)6-10-20/h3-13,28H,1-2H3. The first-order valence-electron chi connectivity index (χ1n) is 9.94. The Hall–Kier alpha value is -3.17. The van der Waals surface area contributed by atoms with Gasteiger partial charge < -0.3 is 10.1 Å². The Balaban J connectivity index is 1.49. The molecule has 3 aromatic carbocycles. The van der Waals surface area contributed by atoms with Crippen molar-refractivity contribution in [3.8, 4) is 5.75 Å². The maximum absolute atomic E-state index is 13.0. The van der Waals surface area contributed by atoms with Crippen molar-refractivity contribution in [2.75, 3.05) is 10.2 Å². The number of halogens is 2. The third-order valence-electron chi connectivity index (χ3n) is 4.91. The number of imide groups is 1. The number of nitrogens with one attached hydrogen (secondary N) is 1. The molecule has 0 fully saturated rings. The molecule has 2 amide bonds. The summed E-state index contributed by atoms with van der Waals surface area (Å²) in [6.45, 7) is 3.78. The predicted molar refractivity (Wildman–Crippen MR) is 135 cm³/mol. The molecular weight excluding hydrogens is 555 g/mol. The topological polar surface area (TPSA) is 75.7 Å². The number of nitrogens with zero attached hydrogens (tertiary/aromatic N) is 1. The van der Waals surface area contributed by atoms with E-state index in [1.807, 2.05) is 32.0 Å². The first kappa shape index (κ1) is 23.0. The number of rotatable bonds is 5. The van der Waals surface area contributed by atoms with Crippen molar-refractivity contribution in [2.45, 2.75) is 13.8 Å². The van der Waals surface area contributed by atoms with E-state index >= 15 is 0 Å². The van der Waals surface area contributed by atoms with Gasteiger partial charge in [0.05, 0.1) is 11.3 Å². The van der Waals surface area contributed by atoms with Crippen LogP contribution in [0.3, 0.4) is 0 Å². The molecule has 3 aromatic rings. The molecule has 8 heteroatoms. The number of ether oxygens (including phenoxy) is 1. The maximum atomic E-state index is 13.0. The lowest BCUT2D eigenvalue weighted by Crippen LogP contribution is -2.32. The largest absolute Gasteiger partial charge is 0.423 e. The van der Waals surface area contributed by atoms with Crippen LogP contribution in [0.15, 0.2) is 77.5 Å². The van der Waals surface area contributed by atoms with Gasteiger partial charge in [-0.1, -0.05) is 17.7 Å². The number of anilines is 2. The van der Waals surface area contributed by atoms with E-state index < -0.39 is 17.8 Å². The van der Waals surface area contributed by atoms with Crippen molar-refractivity contribution in [2.24, 2.45) is 0 Å². The van der Waals surface area contributed by atoms with Crippen LogP contribution in [-0.2, 0) is 9.59 Å². The third-order valence-corrected chi connectivity index (χ3v) is 5.98. The molecule has 0 radical (unpaired) electrons. The molecule has 0 spiro atoms. The summed E-state index contributed by atoms with van der Waals surface area (Å²) < 4.78 is 6.39. The molecule has 4 rings (SSSR count). The van der Waals surface area contributed by atoms with Gasteiger partial charge in [0.25, 0.3) is 11.8 Å². The summed E-state index contributed by atoms with van der Waals surface area (Å²) in [5.74, 6) is -1.20. The highest BCUT2D eigenvalue weighted by molar-refractivity contribution is 14.1. The molecule has 1 heterocycles. The van der Waals surface area contributed by atoms with Crippen molar-refractivity contribution in [1.29, 1.82) is 0 Å². The van der Waals surface area contributed by atoms with Crippen LogP contribution in [0.1, 0.15) is 21.5 Å². The lowest BCUT2D eigenvalue weighted by molar-refractivity contribution is -0.120. The zero-order valence-corrected chi connectivity index (χ0v) is 20.6. The number of carbonyl (C=O) groups is 3. The number of benzene rings is 3. The van der Waals surface area contributed by atoms with Gasteiger partial charge in [0, 0.05) is 9.26 Å². The van der Waals surface area contributed by atoms with Crippen LogP contribution in [-0.4, -0.2) is 17.8 Å². The lowest BCUT2D eigenvalue weighted by Gasteiger charge is -2.16. The molecule has 166 valence electrons. The molecule has 1 aliphatic rings. The molecule has 33 heavy (non-hydrogen) atoms. The molecule has 0 unspecified atom stereocenters. The van der Waals surface area contributed by atoms with Gasteiger partial charge in [0.1, 0.15) is 16.5 Å². The summed E-state index contributed by atoms with van der Waals surface area (Å²) in [5.41, 5.74) is 3.13. The SMILES string of the molecule is Cc1cc(C)cc(N2C(=O)C(Cl)=C(Nc3ccc(C(=O)Oc4ccc(I)cc4)cc3)C2=O)c1. The lowest BCUT2D eigenvalue weighted by atomic mass is 10.1. The van der Waals surface area contributed by atoms with E-state index in [-0.39, 0.29) is 10.7 Å². The molecule has 0 aliphatic carbocycles. The van der Waals surface area contributed by atoms with Gasteiger partial charge in [-0.15, -0.1) is 0 Å². The van der Waals surface area contributed by atoms with Crippen LogP contribution in [0.5, 0.6) is 5.75 Å². The van der Waals surface area contributed by atoms with Gasteiger partial charge in [-0.25, -0.2) is 9.69 Å². The van der Waals surface area contributed by atoms with Crippen molar-refractivity contribution >= 4 is 63.4 Å². The zero-order chi connectivity index (χ0) is 23.7. The Morgan fingerprint density at radius 1 is 0.909 bits per heavy atom. The molecular formula is C25H18ClIN2O4. The minimum Gasteiger partial charge on any atom is -0.423 e. The highest BCUT2D eigenvalue weighted by atomic mass is 127. The number of amides is 2. The average molecular weight is 573 g/mol. The summed E-state index contributed by atoms with van der Waals surface area (Å²) >= 11 is 8.38. The molecule has 0 aromatic heterocycles. The van der Waals surface area contributed by atoms with E-state index in [4.69, 9.17) is 16.3 Å². The van der Waals surface area contributed by atoms with E-state index in [1.54, 1.807) is 48.5 Å². The summed E-state index contributed by atoms with van der Waals surface area (Å²) in [6.07, 6.45) is 0. The summed E-state index contributed by atoms with van der Waals surface area (Å²) in [4.78, 5) is 39.1. The van der Waals surface area contributed by atoms with Crippen molar-refractivity contribution in [1.82, 2.24) is 0 Å². The molecule has 0 bridgehead atoms. The van der Waals surface area contributed by atoms with Crippen LogP contribution in [0.25, 0.3) is 0 Å². The first-order chi connectivity index (χ1) is 15.7. The molecule has 0 saturated heterocycles. The average Bonchev–Trinajstić information content (AvgIpc) is 2.98. The van der Waals surface area contributed by atoms with Crippen LogP contribution in [0, 0.1) is 17.4 Å². The third kappa shape index (κ3) is 4.94. The Morgan fingerprint density at radius 3 is 2.12 bits per heavy atom. The van der Waals surface area contributed by atoms with Crippen LogP contribution < -0.4 is 15.0 Å². The molecule has 1 aliphatic heterocycles. The van der Waals surface area contributed by atoms with E-state index in [9.17, 15) is 14.4 Å². The van der Waals surface area contributed by atoms with Gasteiger partial charge in [-0.05, 0) is 108 Å². The van der Waals surface area contributed by atoms with Crippen molar-refractivity contribution in [3.63, 3.8) is 0 Å². The Kier molecular flexibility index (Phi) is 6.53. The Bertz CT molecular complexity index is 1280. The molecule has 6 nitrogen and oxygen atoms in total. The zero-order valence-electron chi connectivity index (χ0n) is 17.7. The minimum atomic E-state index is -0.591. The number of esters is 1. The number of hydrogen-bond acceptors (Lipinski definition) is 5. The van der Waals surface area contributed by atoms with E-state index in [0.717, 1.165) is 19.6 Å². The summed E-state index contributed by atoms with van der Waals surface area (Å²) in [5, 5.41) is 2.71. The fourth-order valence-electron chi connectivity index (χ4n) is 3.43. The number of hydrogen-bond donors (Lipinski definition) is 1. The normalized spacial score (nSPS) is 13.5. The van der Waals surface area contributed by atoms with E-state index in [2.05, 4.69) is 27.9 Å². The van der Waals surface area contributed by atoms with Gasteiger partial charge in [-0.3, -0.25) is 9.59 Å². The quantitative estimate of drug-likeness (QED) is 0.187. The highest BCUT2D eigenvalue weighted by Crippen LogP contribution is 2.31. The van der Waals surface area contributed by atoms with Gasteiger partial charge in [-0.2, -0.15) is 0 Å². The first-order valence-corrected chi connectivity index (χ1v) is 11.4. The second-order valence-corrected chi connectivity index (χ2v) is 9.15.